The summed E-state index contributed by atoms with van der Waals surface area (Å²) in [5, 5.41) is 3.20. The van der Waals surface area contributed by atoms with Crippen LogP contribution in [0.4, 0.5) is 17.2 Å². The first kappa shape index (κ1) is 24.7. The lowest BCUT2D eigenvalue weighted by molar-refractivity contribution is 0.0601. The summed E-state index contributed by atoms with van der Waals surface area (Å²) in [6.45, 7) is 4.92. The van der Waals surface area contributed by atoms with E-state index in [0.29, 0.717) is 16.8 Å². The van der Waals surface area contributed by atoms with Crippen LogP contribution in [0.25, 0.3) is 0 Å². The van der Waals surface area contributed by atoms with E-state index in [-0.39, 0.29) is 0 Å². The van der Waals surface area contributed by atoms with Crippen molar-refractivity contribution in [1.29, 1.82) is 0 Å². The van der Waals surface area contributed by atoms with Crippen LogP contribution < -0.4 is 10.0 Å². The largest absolute Gasteiger partial charge is 0.465 e. The van der Waals surface area contributed by atoms with Gasteiger partial charge in [-0.3, -0.25) is 0 Å². The molecule has 2 saturated carbocycles. The maximum absolute atomic E-state index is 12.0. The molecule has 2 bridgehead atoms. The van der Waals surface area contributed by atoms with E-state index in [1.807, 2.05) is 24.3 Å². The molecular formula is C30H35N3O2S. The number of nitrogens with zero attached hydrogens (tertiary/aromatic N) is 1. The molecule has 2 unspecified atom stereocenters. The third kappa shape index (κ3) is 5.54. The first-order valence-corrected chi connectivity index (χ1v) is 13.7. The van der Waals surface area contributed by atoms with Crippen LogP contribution in [0.3, 0.4) is 0 Å². The number of benzene rings is 2. The predicted molar refractivity (Wildman–Crippen MR) is 148 cm³/mol. The minimum absolute atomic E-state index is 0.309. The first-order chi connectivity index (χ1) is 17.4. The summed E-state index contributed by atoms with van der Waals surface area (Å²) in [5.74, 6) is 2.76. The summed E-state index contributed by atoms with van der Waals surface area (Å²) in [7, 11) is 1.37. The van der Waals surface area contributed by atoms with E-state index in [2.05, 4.69) is 53.1 Å². The number of methoxy groups -OCH3 is 1. The minimum Gasteiger partial charge on any atom is -0.465 e. The number of carbonyl (C=O) groups excluding carboxylic acids is 1. The zero-order valence-corrected chi connectivity index (χ0v) is 22.1. The van der Waals surface area contributed by atoms with Gasteiger partial charge < -0.3 is 14.8 Å². The van der Waals surface area contributed by atoms with Crippen molar-refractivity contribution >= 4 is 35.1 Å². The second-order valence-corrected chi connectivity index (χ2v) is 11.7. The van der Waals surface area contributed by atoms with Crippen LogP contribution in [0.2, 0.25) is 0 Å². The molecule has 3 aromatic rings. The van der Waals surface area contributed by atoms with E-state index >= 15 is 0 Å². The first-order valence-electron chi connectivity index (χ1n) is 12.9. The second-order valence-electron chi connectivity index (χ2n) is 10.8. The molecule has 2 fully saturated rings. The fourth-order valence-electron chi connectivity index (χ4n) is 6.41. The molecule has 5 nitrogen and oxygen atoms in total. The zero-order valence-electron chi connectivity index (χ0n) is 21.3. The van der Waals surface area contributed by atoms with Gasteiger partial charge in [0, 0.05) is 22.5 Å². The number of hydrogen-bond donors (Lipinski definition) is 2. The van der Waals surface area contributed by atoms with Gasteiger partial charge in [-0.25, -0.2) is 9.78 Å². The van der Waals surface area contributed by atoms with Gasteiger partial charge in [0.15, 0.2) is 0 Å². The van der Waals surface area contributed by atoms with E-state index < -0.39 is 5.97 Å². The van der Waals surface area contributed by atoms with E-state index in [1.54, 1.807) is 30.3 Å². The molecule has 2 N–H and O–H groups in total. The van der Waals surface area contributed by atoms with Crippen molar-refractivity contribution in [3.05, 3.63) is 78.0 Å². The molecule has 6 heteroatoms. The van der Waals surface area contributed by atoms with Crippen molar-refractivity contribution < 1.29 is 9.53 Å². The van der Waals surface area contributed by atoms with Crippen LogP contribution >= 0.6 is 11.9 Å². The molecule has 0 amide bonds. The SMILES string of the molecule is COC(=O)c1cccnc1Nc1ccc(SNc2ccc(C3(C)CC4CC(C)CC(C4)C3)cc2)cc1. The minimum atomic E-state index is -0.414. The van der Waals surface area contributed by atoms with Gasteiger partial charge in [0.05, 0.1) is 7.11 Å². The molecule has 2 atom stereocenters. The third-order valence-electron chi connectivity index (χ3n) is 7.82. The highest BCUT2D eigenvalue weighted by molar-refractivity contribution is 8.00. The van der Waals surface area contributed by atoms with Gasteiger partial charge in [0.1, 0.15) is 11.4 Å². The number of fused-ring (bicyclic) bond motifs is 2. The molecule has 188 valence electrons. The Kier molecular flexibility index (Phi) is 7.24. The highest BCUT2D eigenvalue weighted by Gasteiger charge is 2.41. The highest BCUT2D eigenvalue weighted by atomic mass is 32.2. The number of carbonyl (C=O) groups is 1. The summed E-state index contributed by atoms with van der Waals surface area (Å²) in [5.41, 5.74) is 4.16. The Balaban J connectivity index is 1.18. The van der Waals surface area contributed by atoms with Gasteiger partial charge in [-0.15, -0.1) is 0 Å². The number of aromatic nitrogens is 1. The Morgan fingerprint density at radius 1 is 0.972 bits per heavy atom. The number of anilines is 3. The highest BCUT2D eigenvalue weighted by Crippen LogP contribution is 2.51. The Bertz CT molecular complexity index is 1180. The van der Waals surface area contributed by atoms with Crippen LogP contribution in [0, 0.1) is 17.8 Å². The summed E-state index contributed by atoms with van der Waals surface area (Å²) in [4.78, 5) is 17.3. The molecule has 2 aliphatic carbocycles. The Morgan fingerprint density at radius 3 is 2.31 bits per heavy atom. The van der Waals surface area contributed by atoms with Gasteiger partial charge in [0.25, 0.3) is 0 Å². The van der Waals surface area contributed by atoms with Crippen molar-refractivity contribution in [3.63, 3.8) is 0 Å². The van der Waals surface area contributed by atoms with Crippen LogP contribution in [0.5, 0.6) is 0 Å². The predicted octanol–water partition coefficient (Wildman–Crippen LogP) is 7.83. The lowest BCUT2D eigenvalue weighted by Crippen LogP contribution is -2.38. The number of hydrogen-bond acceptors (Lipinski definition) is 6. The van der Waals surface area contributed by atoms with Gasteiger partial charge in [-0.2, -0.15) is 0 Å². The third-order valence-corrected chi connectivity index (χ3v) is 8.66. The van der Waals surface area contributed by atoms with Gasteiger partial charge >= 0.3 is 5.97 Å². The van der Waals surface area contributed by atoms with Crippen molar-refractivity contribution in [1.82, 2.24) is 4.98 Å². The molecule has 0 radical (unpaired) electrons. The summed E-state index contributed by atoms with van der Waals surface area (Å²) in [6.07, 6.45) is 8.56. The van der Waals surface area contributed by atoms with Crippen molar-refractivity contribution in [2.75, 3.05) is 17.1 Å². The molecular weight excluding hydrogens is 466 g/mol. The zero-order chi connectivity index (χ0) is 25.1. The van der Waals surface area contributed by atoms with E-state index in [0.717, 1.165) is 34.0 Å². The van der Waals surface area contributed by atoms with Crippen LogP contribution in [0.1, 0.15) is 61.9 Å². The fourth-order valence-corrected chi connectivity index (χ4v) is 7.05. The quantitative estimate of drug-likeness (QED) is 0.254. The lowest BCUT2D eigenvalue weighted by atomic mass is 9.57. The monoisotopic (exact) mass is 501 g/mol. The van der Waals surface area contributed by atoms with Gasteiger partial charge in [-0.05, 0) is 121 Å². The average molecular weight is 502 g/mol. The van der Waals surface area contributed by atoms with Crippen molar-refractivity contribution in [2.24, 2.45) is 17.8 Å². The topological polar surface area (TPSA) is 63.2 Å². The van der Waals surface area contributed by atoms with Gasteiger partial charge in [0.2, 0.25) is 0 Å². The molecule has 1 aromatic heterocycles. The van der Waals surface area contributed by atoms with Crippen LogP contribution in [-0.4, -0.2) is 18.1 Å². The van der Waals surface area contributed by atoms with Crippen LogP contribution in [0.15, 0.2) is 71.8 Å². The number of ether oxygens (including phenoxy) is 1. The number of esters is 1. The Labute approximate surface area is 218 Å². The Hall–Kier alpha value is -2.99. The standard InChI is InChI=1S/C30H35N3O2S/c1-20-15-21-17-22(16-20)19-30(2,18-21)23-6-8-25(9-7-23)33-36-26-12-10-24(11-13-26)32-28-27(29(34)35-3)5-4-14-31-28/h4-14,20-22,33H,15-19H2,1-3H3,(H,31,32). The van der Waals surface area contributed by atoms with Crippen molar-refractivity contribution in [3.8, 4) is 0 Å². The van der Waals surface area contributed by atoms with Gasteiger partial charge in [-0.1, -0.05) is 26.0 Å². The summed E-state index contributed by atoms with van der Waals surface area (Å²) in [6, 6.07) is 20.5. The molecule has 1 heterocycles. The average Bonchev–Trinajstić information content (AvgIpc) is 2.87. The molecule has 0 aliphatic heterocycles. The second kappa shape index (κ2) is 10.6. The fraction of sp³-hybridized carbons (Fsp3) is 0.400. The lowest BCUT2D eigenvalue weighted by Gasteiger charge is -2.47. The molecule has 2 aromatic carbocycles. The normalized spacial score (nSPS) is 25.1. The maximum atomic E-state index is 12.0. The molecule has 5 rings (SSSR count). The smallest absolute Gasteiger partial charge is 0.341 e. The molecule has 0 saturated heterocycles. The Morgan fingerprint density at radius 2 is 1.64 bits per heavy atom. The molecule has 2 aliphatic rings. The summed E-state index contributed by atoms with van der Waals surface area (Å²) < 4.78 is 8.32. The number of nitrogens with one attached hydrogen (secondary N) is 2. The van der Waals surface area contributed by atoms with E-state index in [1.165, 1.54) is 44.8 Å². The van der Waals surface area contributed by atoms with Crippen LogP contribution in [-0.2, 0) is 10.2 Å². The summed E-state index contributed by atoms with van der Waals surface area (Å²) >= 11 is 1.59. The van der Waals surface area contributed by atoms with Crippen molar-refractivity contribution in [2.45, 2.75) is 56.3 Å². The van der Waals surface area contributed by atoms with E-state index in [9.17, 15) is 4.79 Å². The number of rotatable bonds is 7. The number of pyridine rings is 1. The maximum Gasteiger partial charge on any atom is 0.341 e. The van der Waals surface area contributed by atoms with E-state index in [4.69, 9.17) is 4.74 Å². The molecule has 36 heavy (non-hydrogen) atoms. The molecule has 0 spiro atoms.